The van der Waals surface area contributed by atoms with Crippen LogP contribution in [0.1, 0.15) is 52.4 Å². The van der Waals surface area contributed by atoms with Crippen LogP contribution in [0, 0.1) is 5.92 Å². The Kier molecular flexibility index (Phi) is 12.3. The van der Waals surface area contributed by atoms with Gasteiger partial charge < -0.3 is 21.7 Å². The first-order valence-electron chi connectivity index (χ1n) is 11.4. The number of imide groups is 1. The molecule has 0 spiro atoms. The van der Waals surface area contributed by atoms with Crippen molar-refractivity contribution in [2.24, 2.45) is 11.7 Å². The summed E-state index contributed by atoms with van der Waals surface area (Å²) in [5.41, 5.74) is 5.01. The Bertz CT molecular complexity index is 805. The van der Waals surface area contributed by atoms with Gasteiger partial charge in [0.25, 0.3) is 11.8 Å². The first-order chi connectivity index (χ1) is 16.1. The van der Waals surface area contributed by atoms with Gasteiger partial charge in [-0.1, -0.05) is 26.8 Å². The molecule has 188 valence electrons. The van der Waals surface area contributed by atoms with E-state index in [-0.39, 0.29) is 48.8 Å². The molecule has 34 heavy (non-hydrogen) atoms. The molecule has 1 aliphatic heterocycles. The Balaban J connectivity index is 2.48. The molecule has 0 unspecified atom stereocenters. The van der Waals surface area contributed by atoms with Gasteiger partial charge in [-0.05, 0) is 37.7 Å². The quantitative estimate of drug-likeness (QED) is 0.142. The zero-order valence-corrected chi connectivity index (χ0v) is 19.8. The van der Waals surface area contributed by atoms with Crippen LogP contribution >= 0.6 is 0 Å². The number of nitrogens with one attached hydrogen (secondary N) is 3. The molecule has 1 aliphatic rings. The summed E-state index contributed by atoms with van der Waals surface area (Å²) in [6.45, 7) is 7.57. The molecule has 0 saturated carbocycles. The van der Waals surface area contributed by atoms with Gasteiger partial charge in [0.2, 0.25) is 11.8 Å². The highest BCUT2D eigenvalue weighted by atomic mass is 16.2. The van der Waals surface area contributed by atoms with Gasteiger partial charge in [-0.25, -0.2) is 4.79 Å². The van der Waals surface area contributed by atoms with E-state index in [1.54, 1.807) is 13.8 Å². The highest BCUT2D eigenvalue weighted by Crippen LogP contribution is 2.09. The zero-order chi connectivity index (χ0) is 25.7. The standard InChI is InChI=1S/C23H35N5O6/c1-4-17(29)16(9-8-13-25-23(24)34)26-22(33)21(15(2)3)27-18(30)10-6-5-7-14-28-19(31)11-12-20(28)32/h4,11-12,15-16,21H,1,5-10,13-14H2,2-3H3,(H,26,33)(H,27,30)(H3,24,25,34)/t16-,21-/m0/s1. The Morgan fingerprint density at radius 1 is 1.03 bits per heavy atom. The van der Waals surface area contributed by atoms with Crippen LogP contribution in [-0.2, 0) is 24.0 Å². The first kappa shape index (κ1) is 28.5. The topological polar surface area (TPSA) is 168 Å². The van der Waals surface area contributed by atoms with Crippen molar-refractivity contribution < 1.29 is 28.8 Å². The minimum Gasteiger partial charge on any atom is -0.352 e. The number of hydrogen-bond acceptors (Lipinski definition) is 6. The van der Waals surface area contributed by atoms with Crippen molar-refractivity contribution in [1.82, 2.24) is 20.9 Å². The molecule has 0 aromatic heterocycles. The first-order valence-corrected chi connectivity index (χ1v) is 11.4. The highest BCUT2D eigenvalue weighted by molar-refractivity contribution is 6.12. The SMILES string of the molecule is C=CC(=O)[C@H](CCCNC(N)=O)NC(=O)[C@@H](NC(=O)CCCCCN1C(=O)C=CC1=O)C(C)C. The van der Waals surface area contributed by atoms with Crippen LogP contribution in [0.4, 0.5) is 4.79 Å². The molecule has 0 bridgehead atoms. The number of rotatable bonds is 16. The fourth-order valence-corrected chi connectivity index (χ4v) is 3.37. The van der Waals surface area contributed by atoms with Crippen molar-refractivity contribution >= 4 is 35.4 Å². The van der Waals surface area contributed by atoms with Gasteiger partial charge in [0, 0.05) is 31.7 Å². The average Bonchev–Trinajstić information content (AvgIpc) is 3.10. The number of nitrogens with two attached hydrogens (primary N) is 1. The Morgan fingerprint density at radius 2 is 1.68 bits per heavy atom. The second-order valence-corrected chi connectivity index (χ2v) is 8.36. The van der Waals surface area contributed by atoms with Gasteiger partial charge in [-0.3, -0.25) is 28.9 Å². The lowest BCUT2D eigenvalue weighted by Gasteiger charge is -2.25. The van der Waals surface area contributed by atoms with Crippen LogP contribution in [0.25, 0.3) is 0 Å². The molecule has 0 aliphatic carbocycles. The number of amides is 6. The second-order valence-electron chi connectivity index (χ2n) is 8.36. The lowest BCUT2D eigenvalue weighted by atomic mass is 10.0. The summed E-state index contributed by atoms with van der Waals surface area (Å²) in [4.78, 5) is 72.3. The third kappa shape index (κ3) is 9.97. The molecule has 1 heterocycles. The number of carbonyl (C=O) groups excluding carboxylic acids is 6. The number of hydrogen-bond donors (Lipinski definition) is 4. The van der Waals surface area contributed by atoms with E-state index in [1.165, 1.54) is 12.2 Å². The summed E-state index contributed by atoms with van der Waals surface area (Å²) in [6, 6.07) is -2.33. The summed E-state index contributed by atoms with van der Waals surface area (Å²) in [7, 11) is 0. The summed E-state index contributed by atoms with van der Waals surface area (Å²) < 4.78 is 0. The van der Waals surface area contributed by atoms with Crippen LogP contribution in [0.3, 0.4) is 0 Å². The molecule has 2 atom stereocenters. The molecular weight excluding hydrogens is 442 g/mol. The van der Waals surface area contributed by atoms with Crippen LogP contribution in [0.5, 0.6) is 0 Å². The second kappa shape index (κ2) is 14.6. The van der Waals surface area contributed by atoms with E-state index in [0.717, 1.165) is 11.0 Å². The monoisotopic (exact) mass is 477 g/mol. The van der Waals surface area contributed by atoms with Crippen molar-refractivity contribution in [3.63, 3.8) is 0 Å². The molecule has 1 rings (SSSR count). The van der Waals surface area contributed by atoms with E-state index in [0.29, 0.717) is 32.2 Å². The molecular formula is C23H35N5O6. The number of carbonyl (C=O) groups is 6. The number of urea groups is 1. The van der Waals surface area contributed by atoms with Gasteiger partial charge in [0.1, 0.15) is 6.04 Å². The van der Waals surface area contributed by atoms with Crippen molar-refractivity contribution in [3.05, 3.63) is 24.8 Å². The van der Waals surface area contributed by atoms with E-state index in [9.17, 15) is 28.8 Å². The van der Waals surface area contributed by atoms with Crippen LogP contribution < -0.4 is 21.7 Å². The zero-order valence-electron chi connectivity index (χ0n) is 19.8. The van der Waals surface area contributed by atoms with E-state index >= 15 is 0 Å². The predicted octanol–water partition coefficient (Wildman–Crippen LogP) is 0.301. The smallest absolute Gasteiger partial charge is 0.312 e. The molecule has 6 amide bonds. The van der Waals surface area contributed by atoms with Crippen molar-refractivity contribution in [1.29, 1.82) is 0 Å². The van der Waals surface area contributed by atoms with Gasteiger partial charge in [-0.15, -0.1) is 0 Å². The van der Waals surface area contributed by atoms with E-state index in [4.69, 9.17) is 5.73 Å². The number of nitrogens with zero attached hydrogens (tertiary/aromatic N) is 1. The molecule has 0 aromatic carbocycles. The summed E-state index contributed by atoms with van der Waals surface area (Å²) in [6.07, 6.45) is 6.21. The fraction of sp³-hybridized carbons (Fsp3) is 0.565. The van der Waals surface area contributed by atoms with E-state index in [2.05, 4.69) is 22.5 Å². The molecule has 0 aromatic rings. The molecule has 5 N–H and O–H groups in total. The number of primary amides is 1. The van der Waals surface area contributed by atoms with Gasteiger partial charge in [-0.2, -0.15) is 0 Å². The Hall–Kier alpha value is -3.50. The lowest BCUT2D eigenvalue weighted by molar-refractivity contribution is -0.137. The molecule has 0 radical (unpaired) electrons. The largest absolute Gasteiger partial charge is 0.352 e. The Labute approximate surface area is 199 Å². The molecule has 11 heteroatoms. The normalized spacial score (nSPS) is 14.6. The van der Waals surface area contributed by atoms with Crippen molar-refractivity contribution in [3.8, 4) is 0 Å². The van der Waals surface area contributed by atoms with Crippen LogP contribution in [0.2, 0.25) is 0 Å². The number of ketones is 1. The van der Waals surface area contributed by atoms with Crippen molar-refractivity contribution in [2.45, 2.75) is 64.5 Å². The van der Waals surface area contributed by atoms with E-state index in [1.807, 2.05) is 0 Å². The molecule has 0 saturated heterocycles. The maximum absolute atomic E-state index is 12.8. The minimum atomic E-state index is -0.831. The van der Waals surface area contributed by atoms with Gasteiger partial charge >= 0.3 is 6.03 Å². The fourth-order valence-electron chi connectivity index (χ4n) is 3.37. The maximum atomic E-state index is 12.8. The lowest BCUT2D eigenvalue weighted by Crippen LogP contribution is -2.53. The van der Waals surface area contributed by atoms with E-state index < -0.39 is 24.0 Å². The third-order valence-corrected chi connectivity index (χ3v) is 5.28. The maximum Gasteiger partial charge on any atom is 0.312 e. The van der Waals surface area contributed by atoms with Crippen molar-refractivity contribution in [2.75, 3.05) is 13.1 Å². The Morgan fingerprint density at radius 3 is 2.24 bits per heavy atom. The van der Waals surface area contributed by atoms with Crippen LogP contribution in [0.15, 0.2) is 24.8 Å². The van der Waals surface area contributed by atoms with Crippen LogP contribution in [-0.4, -0.2) is 65.5 Å². The molecule has 0 fully saturated rings. The average molecular weight is 478 g/mol. The molecule has 11 nitrogen and oxygen atoms in total. The summed E-state index contributed by atoms with van der Waals surface area (Å²) in [5, 5.41) is 7.80. The number of unbranched alkanes of at least 4 members (excludes halogenated alkanes) is 2. The summed E-state index contributed by atoms with van der Waals surface area (Å²) in [5.74, 6) is -2.03. The van der Waals surface area contributed by atoms with Gasteiger partial charge in [0.05, 0.1) is 6.04 Å². The highest BCUT2D eigenvalue weighted by Gasteiger charge is 2.28. The minimum absolute atomic E-state index is 0.185. The predicted molar refractivity (Wildman–Crippen MR) is 125 cm³/mol. The van der Waals surface area contributed by atoms with Gasteiger partial charge in [0.15, 0.2) is 5.78 Å². The third-order valence-electron chi connectivity index (χ3n) is 5.28. The summed E-state index contributed by atoms with van der Waals surface area (Å²) >= 11 is 0.